The molecule has 2 heterocycles. The Balaban J connectivity index is 2.14. The standard InChI is InChI=1S/C11H6ClN5O/c12-9-3-4-14-11(16-9)17-10(18)8-2-1-7(5-13)6-15-8/h1-4,6H,(H,14,16,17,18). The zero-order chi connectivity index (χ0) is 13.0. The van der Waals surface area contributed by atoms with Crippen molar-refractivity contribution in [2.24, 2.45) is 0 Å². The number of hydrogen-bond acceptors (Lipinski definition) is 5. The Labute approximate surface area is 107 Å². The molecule has 88 valence electrons. The molecule has 6 nitrogen and oxygen atoms in total. The summed E-state index contributed by atoms with van der Waals surface area (Å²) in [6.45, 7) is 0. The molecule has 0 fully saturated rings. The average Bonchev–Trinajstić information content (AvgIpc) is 2.39. The van der Waals surface area contributed by atoms with Gasteiger partial charge in [-0.15, -0.1) is 0 Å². The first-order valence-electron chi connectivity index (χ1n) is 4.85. The number of nitrogens with zero attached hydrogens (tertiary/aromatic N) is 4. The van der Waals surface area contributed by atoms with E-state index in [9.17, 15) is 4.79 Å². The first-order valence-corrected chi connectivity index (χ1v) is 5.23. The number of hydrogen-bond donors (Lipinski definition) is 1. The topological polar surface area (TPSA) is 91.6 Å². The minimum Gasteiger partial charge on any atom is -0.289 e. The molecule has 0 saturated carbocycles. The highest BCUT2D eigenvalue weighted by molar-refractivity contribution is 6.29. The Morgan fingerprint density at radius 2 is 2.17 bits per heavy atom. The van der Waals surface area contributed by atoms with E-state index < -0.39 is 5.91 Å². The van der Waals surface area contributed by atoms with Crippen LogP contribution in [0.5, 0.6) is 0 Å². The molecule has 2 aromatic heterocycles. The molecule has 0 radical (unpaired) electrons. The van der Waals surface area contributed by atoms with Crippen molar-refractivity contribution in [1.82, 2.24) is 15.0 Å². The van der Waals surface area contributed by atoms with Crippen LogP contribution in [0.15, 0.2) is 30.6 Å². The van der Waals surface area contributed by atoms with Gasteiger partial charge >= 0.3 is 0 Å². The van der Waals surface area contributed by atoms with E-state index in [0.717, 1.165) is 0 Å². The second kappa shape index (κ2) is 5.21. The number of carbonyl (C=O) groups is 1. The SMILES string of the molecule is N#Cc1ccc(C(=O)Nc2nccc(Cl)n2)nc1. The van der Waals surface area contributed by atoms with E-state index in [0.29, 0.717) is 5.56 Å². The van der Waals surface area contributed by atoms with Crippen molar-refractivity contribution < 1.29 is 4.79 Å². The van der Waals surface area contributed by atoms with Crippen molar-refractivity contribution >= 4 is 23.5 Å². The van der Waals surface area contributed by atoms with Gasteiger partial charge in [0.15, 0.2) is 0 Å². The Kier molecular flexibility index (Phi) is 3.46. The molecule has 0 aliphatic heterocycles. The molecule has 1 amide bonds. The lowest BCUT2D eigenvalue weighted by Crippen LogP contribution is -2.15. The fourth-order valence-electron chi connectivity index (χ4n) is 1.16. The van der Waals surface area contributed by atoms with Gasteiger partial charge in [0.2, 0.25) is 5.95 Å². The van der Waals surface area contributed by atoms with Crippen LogP contribution in [0, 0.1) is 11.3 Å². The Morgan fingerprint density at radius 3 is 2.78 bits per heavy atom. The van der Waals surface area contributed by atoms with Gasteiger partial charge in [0.25, 0.3) is 5.91 Å². The fourth-order valence-corrected chi connectivity index (χ4v) is 1.29. The number of nitriles is 1. The maximum Gasteiger partial charge on any atom is 0.276 e. The van der Waals surface area contributed by atoms with Crippen molar-refractivity contribution in [1.29, 1.82) is 5.26 Å². The Bertz CT molecular complexity index is 620. The summed E-state index contributed by atoms with van der Waals surface area (Å²) >= 11 is 5.66. The smallest absolute Gasteiger partial charge is 0.276 e. The van der Waals surface area contributed by atoms with Gasteiger partial charge in [-0.25, -0.2) is 15.0 Å². The van der Waals surface area contributed by atoms with E-state index >= 15 is 0 Å². The third-order valence-corrected chi connectivity index (χ3v) is 2.18. The molecular formula is C11H6ClN5O. The number of anilines is 1. The van der Waals surface area contributed by atoms with Crippen LogP contribution in [0.4, 0.5) is 5.95 Å². The summed E-state index contributed by atoms with van der Waals surface area (Å²) in [5.74, 6) is -0.375. The molecule has 0 spiro atoms. The monoisotopic (exact) mass is 259 g/mol. The summed E-state index contributed by atoms with van der Waals surface area (Å²) in [4.78, 5) is 23.2. The number of nitrogens with one attached hydrogen (secondary N) is 1. The van der Waals surface area contributed by atoms with E-state index in [4.69, 9.17) is 16.9 Å². The predicted molar refractivity (Wildman–Crippen MR) is 63.9 cm³/mol. The number of rotatable bonds is 2. The number of aromatic nitrogens is 3. The third kappa shape index (κ3) is 2.78. The molecule has 2 aromatic rings. The lowest BCUT2D eigenvalue weighted by molar-refractivity contribution is 0.102. The molecule has 0 unspecified atom stereocenters. The maximum atomic E-state index is 11.7. The normalized spacial score (nSPS) is 9.56. The Hall–Kier alpha value is -2.52. The minimum atomic E-state index is -0.471. The highest BCUT2D eigenvalue weighted by Gasteiger charge is 2.09. The first-order chi connectivity index (χ1) is 8.69. The van der Waals surface area contributed by atoms with Gasteiger partial charge < -0.3 is 0 Å². The van der Waals surface area contributed by atoms with Gasteiger partial charge in [-0.3, -0.25) is 10.1 Å². The van der Waals surface area contributed by atoms with Crippen LogP contribution in [-0.4, -0.2) is 20.9 Å². The van der Waals surface area contributed by atoms with Crippen LogP contribution in [0.2, 0.25) is 5.15 Å². The van der Waals surface area contributed by atoms with Crippen molar-refractivity contribution in [2.75, 3.05) is 5.32 Å². The van der Waals surface area contributed by atoms with Gasteiger partial charge in [0.1, 0.15) is 16.9 Å². The van der Waals surface area contributed by atoms with Crippen LogP contribution in [-0.2, 0) is 0 Å². The number of amides is 1. The number of pyridine rings is 1. The summed E-state index contributed by atoms with van der Waals surface area (Å²) in [6, 6.07) is 6.35. The van der Waals surface area contributed by atoms with Crippen LogP contribution >= 0.6 is 11.6 Å². The Morgan fingerprint density at radius 1 is 1.33 bits per heavy atom. The molecule has 0 aliphatic rings. The van der Waals surface area contributed by atoms with E-state index in [1.807, 2.05) is 6.07 Å². The van der Waals surface area contributed by atoms with Crippen molar-refractivity contribution in [3.8, 4) is 6.07 Å². The second-order valence-corrected chi connectivity index (χ2v) is 3.59. The van der Waals surface area contributed by atoms with Crippen molar-refractivity contribution in [3.63, 3.8) is 0 Å². The summed E-state index contributed by atoms with van der Waals surface area (Å²) < 4.78 is 0. The van der Waals surface area contributed by atoms with E-state index in [1.54, 1.807) is 0 Å². The highest BCUT2D eigenvalue weighted by Crippen LogP contribution is 2.07. The number of carbonyl (C=O) groups excluding carboxylic acids is 1. The average molecular weight is 260 g/mol. The summed E-state index contributed by atoms with van der Waals surface area (Å²) in [7, 11) is 0. The molecule has 18 heavy (non-hydrogen) atoms. The first kappa shape index (κ1) is 12.0. The summed E-state index contributed by atoms with van der Waals surface area (Å²) in [5.41, 5.74) is 0.545. The molecule has 0 saturated heterocycles. The minimum absolute atomic E-state index is 0.0960. The van der Waals surface area contributed by atoms with Gasteiger partial charge in [-0.05, 0) is 18.2 Å². The van der Waals surface area contributed by atoms with Gasteiger partial charge in [-0.2, -0.15) is 5.26 Å². The third-order valence-electron chi connectivity index (χ3n) is 1.97. The quantitative estimate of drug-likeness (QED) is 0.828. The van der Waals surface area contributed by atoms with Gasteiger partial charge in [0.05, 0.1) is 5.56 Å². The fraction of sp³-hybridized carbons (Fsp3) is 0. The summed E-state index contributed by atoms with van der Waals surface area (Å²) in [5, 5.41) is 11.3. The van der Waals surface area contributed by atoms with Crippen molar-refractivity contribution in [3.05, 3.63) is 47.0 Å². The zero-order valence-electron chi connectivity index (χ0n) is 8.96. The highest BCUT2D eigenvalue weighted by atomic mass is 35.5. The molecule has 0 aromatic carbocycles. The number of halogens is 1. The van der Waals surface area contributed by atoms with Gasteiger partial charge in [0, 0.05) is 12.4 Å². The molecule has 2 rings (SSSR count). The lowest BCUT2D eigenvalue weighted by Gasteiger charge is -2.02. The molecule has 0 aliphatic carbocycles. The predicted octanol–water partition coefficient (Wildman–Crippen LogP) is 1.65. The van der Waals surface area contributed by atoms with Crippen LogP contribution in [0.3, 0.4) is 0 Å². The molecule has 1 N–H and O–H groups in total. The molecular weight excluding hydrogens is 254 g/mol. The van der Waals surface area contributed by atoms with Crippen LogP contribution < -0.4 is 5.32 Å². The molecule has 0 bridgehead atoms. The second-order valence-electron chi connectivity index (χ2n) is 3.20. The maximum absolute atomic E-state index is 11.7. The largest absolute Gasteiger partial charge is 0.289 e. The molecule has 7 heteroatoms. The molecule has 0 atom stereocenters. The van der Waals surface area contributed by atoms with E-state index in [-0.39, 0.29) is 16.8 Å². The van der Waals surface area contributed by atoms with Crippen molar-refractivity contribution in [2.45, 2.75) is 0 Å². The summed E-state index contributed by atoms with van der Waals surface area (Å²) in [6.07, 6.45) is 2.74. The van der Waals surface area contributed by atoms with E-state index in [1.165, 1.54) is 30.6 Å². The van der Waals surface area contributed by atoms with Gasteiger partial charge in [-0.1, -0.05) is 11.6 Å². The van der Waals surface area contributed by atoms with E-state index in [2.05, 4.69) is 20.3 Å². The van der Waals surface area contributed by atoms with Crippen LogP contribution in [0.25, 0.3) is 0 Å². The lowest BCUT2D eigenvalue weighted by atomic mass is 10.2. The zero-order valence-corrected chi connectivity index (χ0v) is 9.72. The van der Waals surface area contributed by atoms with Crippen LogP contribution in [0.1, 0.15) is 16.1 Å².